The molecule has 0 bridgehead atoms. The number of hydrogen-bond acceptors (Lipinski definition) is 7. The van der Waals surface area contributed by atoms with E-state index in [0.717, 1.165) is 0 Å². The minimum atomic E-state index is -1.21. The molecule has 0 atom stereocenters. The molecular weight excluding hydrogens is 280 g/mol. The van der Waals surface area contributed by atoms with E-state index in [0.29, 0.717) is 5.69 Å². The molecular formula is C10H10N8O3. The molecule has 0 aromatic carbocycles. The molecule has 0 aliphatic heterocycles. The predicted octanol–water partition coefficient (Wildman–Crippen LogP) is -1.79. The van der Waals surface area contributed by atoms with Crippen molar-refractivity contribution in [2.75, 3.05) is 0 Å². The molecule has 0 saturated carbocycles. The predicted molar refractivity (Wildman–Crippen MR) is 67.6 cm³/mol. The van der Waals surface area contributed by atoms with Gasteiger partial charge in [0.25, 0.3) is 11.3 Å². The number of hydrogen-bond donors (Lipinski definition) is 3. The molecule has 0 unspecified atom stereocenters. The van der Waals surface area contributed by atoms with Gasteiger partial charge in [-0.2, -0.15) is 4.52 Å². The second kappa shape index (κ2) is 4.79. The Morgan fingerprint density at radius 3 is 3.00 bits per heavy atom. The van der Waals surface area contributed by atoms with Crippen LogP contribution in [-0.4, -0.2) is 45.7 Å². The molecule has 11 nitrogen and oxygen atoms in total. The van der Waals surface area contributed by atoms with Crippen molar-refractivity contribution >= 4 is 11.7 Å². The van der Waals surface area contributed by atoms with Crippen LogP contribution >= 0.6 is 0 Å². The van der Waals surface area contributed by atoms with Crippen LogP contribution in [0.15, 0.2) is 17.2 Å². The topological polar surface area (TPSA) is 157 Å². The van der Waals surface area contributed by atoms with Gasteiger partial charge < -0.3 is 10.8 Å². The number of aromatic nitrogens is 7. The van der Waals surface area contributed by atoms with Gasteiger partial charge in [0.15, 0.2) is 5.69 Å². The number of nitrogens with zero attached hydrogens (tertiary/aromatic N) is 6. The van der Waals surface area contributed by atoms with Crippen LogP contribution in [0.1, 0.15) is 21.9 Å². The lowest BCUT2D eigenvalue weighted by atomic mass is 10.3. The first-order valence-electron chi connectivity index (χ1n) is 5.88. The fraction of sp³-hybridized carbons (Fsp3) is 0.200. The van der Waals surface area contributed by atoms with E-state index in [1.807, 2.05) is 0 Å². The maximum atomic E-state index is 11.8. The number of rotatable bonds is 4. The van der Waals surface area contributed by atoms with Gasteiger partial charge in [0.05, 0.1) is 17.9 Å². The zero-order valence-electron chi connectivity index (χ0n) is 10.6. The van der Waals surface area contributed by atoms with E-state index >= 15 is 0 Å². The normalized spacial score (nSPS) is 11.1. The van der Waals surface area contributed by atoms with Crippen molar-refractivity contribution in [1.82, 2.24) is 34.6 Å². The van der Waals surface area contributed by atoms with Crippen LogP contribution in [-0.2, 0) is 13.1 Å². The SMILES string of the molecule is NCc1c(C(=O)O)nnn1Cc1cc(=O)n2[nH]cnc2n1. The van der Waals surface area contributed by atoms with Gasteiger partial charge in [-0.15, -0.1) is 5.10 Å². The third kappa shape index (κ3) is 2.14. The highest BCUT2D eigenvalue weighted by atomic mass is 16.4. The quantitative estimate of drug-likeness (QED) is 0.508. The number of aromatic amines is 1. The minimum Gasteiger partial charge on any atom is -0.476 e. The Balaban J connectivity index is 2.02. The molecule has 11 heteroatoms. The third-order valence-electron chi connectivity index (χ3n) is 2.87. The van der Waals surface area contributed by atoms with E-state index in [-0.39, 0.29) is 35.8 Å². The summed E-state index contributed by atoms with van der Waals surface area (Å²) < 4.78 is 2.48. The van der Waals surface area contributed by atoms with Crippen LogP contribution in [0.2, 0.25) is 0 Å². The first kappa shape index (κ1) is 12.9. The van der Waals surface area contributed by atoms with Gasteiger partial charge in [0.2, 0.25) is 0 Å². The molecule has 3 aromatic rings. The summed E-state index contributed by atoms with van der Waals surface area (Å²) in [5.74, 6) is -0.997. The van der Waals surface area contributed by atoms with Crippen molar-refractivity contribution in [2.45, 2.75) is 13.1 Å². The van der Waals surface area contributed by atoms with Crippen LogP contribution in [0, 0.1) is 0 Å². The van der Waals surface area contributed by atoms with Crippen LogP contribution in [0.4, 0.5) is 0 Å². The Kier molecular flexibility index (Phi) is 2.95. The molecule has 0 radical (unpaired) electrons. The zero-order valence-corrected chi connectivity index (χ0v) is 10.6. The largest absolute Gasteiger partial charge is 0.476 e. The fourth-order valence-corrected chi connectivity index (χ4v) is 1.93. The number of aromatic carboxylic acids is 1. The fourth-order valence-electron chi connectivity index (χ4n) is 1.93. The minimum absolute atomic E-state index is 0.0434. The molecule has 108 valence electrons. The number of nitrogens with one attached hydrogen (secondary N) is 1. The van der Waals surface area contributed by atoms with E-state index in [1.165, 1.54) is 21.6 Å². The molecule has 0 spiro atoms. The second-order valence-corrected chi connectivity index (χ2v) is 4.16. The highest BCUT2D eigenvalue weighted by Gasteiger charge is 2.18. The monoisotopic (exact) mass is 290 g/mol. The van der Waals surface area contributed by atoms with Gasteiger partial charge in [0, 0.05) is 12.6 Å². The summed E-state index contributed by atoms with van der Waals surface area (Å²) in [6.07, 6.45) is 1.34. The Morgan fingerprint density at radius 2 is 2.29 bits per heavy atom. The number of carbonyl (C=O) groups is 1. The number of carboxylic acid groups (broad SMARTS) is 1. The Labute approximate surface area is 116 Å². The van der Waals surface area contributed by atoms with Crippen LogP contribution < -0.4 is 11.3 Å². The summed E-state index contributed by atoms with van der Waals surface area (Å²) >= 11 is 0. The van der Waals surface area contributed by atoms with Crippen LogP contribution in [0.5, 0.6) is 0 Å². The highest BCUT2D eigenvalue weighted by molar-refractivity contribution is 5.86. The average molecular weight is 290 g/mol. The summed E-state index contributed by atoms with van der Waals surface area (Å²) in [6, 6.07) is 1.30. The Morgan fingerprint density at radius 1 is 1.48 bits per heavy atom. The standard InChI is InChI=1S/C10H10N8O3/c11-2-6-8(9(20)21)15-16-17(6)3-5-1-7(19)18-10(14-5)12-4-13-18/h1,4H,2-3,11H2,(H,20,21)(H,12,13,14). The summed E-state index contributed by atoms with van der Waals surface area (Å²) in [7, 11) is 0. The summed E-state index contributed by atoms with van der Waals surface area (Å²) in [6.45, 7) is 0.0314. The second-order valence-electron chi connectivity index (χ2n) is 4.16. The number of carboxylic acids is 1. The number of fused-ring (bicyclic) bond motifs is 1. The lowest BCUT2D eigenvalue weighted by Crippen LogP contribution is -2.19. The number of nitrogens with two attached hydrogens (primary N) is 1. The van der Waals surface area contributed by atoms with Gasteiger partial charge in [0.1, 0.15) is 6.33 Å². The van der Waals surface area contributed by atoms with Crippen LogP contribution in [0.3, 0.4) is 0 Å². The smallest absolute Gasteiger partial charge is 0.358 e. The molecule has 21 heavy (non-hydrogen) atoms. The summed E-state index contributed by atoms with van der Waals surface area (Å²) in [5.41, 5.74) is 5.61. The van der Waals surface area contributed by atoms with Gasteiger partial charge >= 0.3 is 5.97 Å². The van der Waals surface area contributed by atoms with E-state index in [2.05, 4.69) is 25.4 Å². The van der Waals surface area contributed by atoms with Gasteiger partial charge in [-0.3, -0.25) is 9.89 Å². The van der Waals surface area contributed by atoms with E-state index in [4.69, 9.17) is 10.8 Å². The van der Waals surface area contributed by atoms with Crippen LogP contribution in [0.25, 0.3) is 5.78 Å². The van der Waals surface area contributed by atoms with Crippen molar-refractivity contribution in [3.63, 3.8) is 0 Å². The molecule has 3 rings (SSSR count). The molecule has 0 fully saturated rings. The maximum absolute atomic E-state index is 11.8. The van der Waals surface area contributed by atoms with Crippen molar-refractivity contribution in [3.8, 4) is 0 Å². The number of H-pyrrole nitrogens is 1. The van der Waals surface area contributed by atoms with Crippen molar-refractivity contribution in [2.24, 2.45) is 5.73 Å². The van der Waals surface area contributed by atoms with E-state index in [1.54, 1.807) is 0 Å². The molecule has 0 amide bonds. The van der Waals surface area contributed by atoms with Crippen molar-refractivity contribution < 1.29 is 9.90 Å². The third-order valence-corrected chi connectivity index (χ3v) is 2.87. The molecule has 0 saturated heterocycles. The van der Waals surface area contributed by atoms with E-state index in [9.17, 15) is 9.59 Å². The lowest BCUT2D eigenvalue weighted by Gasteiger charge is -2.04. The first-order chi connectivity index (χ1) is 10.1. The lowest BCUT2D eigenvalue weighted by molar-refractivity contribution is 0.0689. The molecule has 0 aliphatic rings. The van der Waals surface area contributed by atoms with E-state index < -0.39 is 5.97 Å². The Hall–Kier alpha value is -3.08. The molecule has 0 aliphatic carbocycles. The summed E-state index contributed by atoms with van der Waals surface area (Å²) in [5, 5.41) is 18.9. The van der Waals surface area contributed by atoms with Gasteiger partial charge in [-0.1, -0.05) is 5.21 Å². The zero-order chi connectivity index (χ0) is 15.0. The highest BCUT2D eigenvalue weighted by Crippen LogP contribution is 2.07. The Bertz CT molecular complexity index is 876. The molecule has 4 N–H and O–H groups in total. The van der Waals surface area contributed by atoms with Crippen molar-refractivity contribution in [1.29, 1.82) is 0 Å². The maximum Gasteiger partial charge on any atom is 0.358 e. The van der Waals surface area contributed by atoms with Gasteiger partial charge in [-0.05, 0) is 0 Å². The molecule has 3 aromatic heterocycles. The van der Waals surface area contributed by atoms with Crippen molar-refractivity contribution in [3.05, 3.63) is 39.8 Å². The van der Waals surface area contributed by atoms with Gasteiger partial charge in [-0.25, -0.2) is 19.4 Å². The molecule has 3 heterocycles. The average Bonchev–Trinajstić information content (AvgIpc) is 3.05. The first-order valence-corrected chi connectivity index (χ1v) is 5.88. The summed E-state index contributed by atoms with van der Waals surface area (Å²) in [4.78, 5) is 30.8.